The second-order valence-corrected chi connectivity index (χ2v) is 7.15. The largest absolute Gasteiger partial charge is 0.480 e. The average Bonchev–Trinajstić information content (AvgIpc) is 2.52. The van der Waals surface area contributed by atoms with E-state index in [9.17, 15) is 13.2 Å². The first-order chi connectivity index (χ1) is 7.44. The van der Waals surface area contributed by atoms with Gasteiger partial charge in [-0.1, -0.05) is 0 Å². The monoisotopic (exact) mass is 267 g/mol. The maximum Gasteiger partial charge on any atom is 0.320 e. The van der Waals surface area contributed by atoms with Gasteiger partial charge in [0.25, 0.3) is 0 Å². The van der Waals surface area contributed by atoms with Crippen molar-refractivity contribution in [1.82, 2.24) is 5.32 Å². The molecule has 0 saturated carbocycles. The maximum absolute atomic E-state index is 11.2. The van der Waals surface area contributed by atoms with Gasteiger partial charge in [-0.3, -0.25) is 4.79 Å². The molecule has 1 fully saturated rings. The van der Waals surface area contributed by atoms with Gasteiger partial charge in [-0.2, -0.15) is 11.8 Å². The second-order valence-electron chi connectivity index (χ2n) is 3.94. The van der Waals surface area contributed by atoms with Crippen LogP contribution in [0.3, 0.4) is 0 Å². The number of carbonyl (C=O) groups is 1. The summed E-state index contributed by atoms with van der Waals surface area (Å²) in [6.07, 6.45) is 2.96. The van der Waals surface area contributed by atoms with Gasteiger partial charge < -0.3 is 10.4 Å². The van der Waals surface area contributed by atoms with Gasteiger partial charge in [-0.05, 0) is 24.9 Å². The molecule has 0 aromatic heterocycles. The highest BCUT2D eigenvalue weighted by Crippen LogP contribution is 2.13. The molecule has 0 amide bonds. The molecule has 0 radical (unpaired) electrons. The van der Waals surface area contributed by atoms with Crippen LogP contribution in [-0.2, 0) is 14.6 Å². The summed E-state index contributed by atoms with van der Waals surface area (Å²) in [7, 11) is -2.95. The second kappa shape index (κ2) is 5.88. The highest BCUT2D eigenvalue weighted by atomic mass is 32.2. The third-order valence-corrected chi connectivity index (χ3v) is 4.99. The van der Waals surface area contributed by atoms with Gasteiger partial charge in [0, 0.05) is 6.04 Å². The van der Waals surface area contributed by atoms with Gasteiger partial charge in [0.05, 0.1) is 11.5 Å². The standard InChI is InChI=1S/C9H17NO4S2/c1-15-4-2-8(9(11)12)10-7-3-5-16(13,14)6-7/h7-8,10H,2-6H2,1H3,(H,11,12). The van der Waals surface area contributed by atoms with Crippen LogP contribution in [0.5, 0.6) is 0 Å². The molecule has 0 aliphatic carbocycles. The molecule has 94 valence electrons. The van der Waals surface area contributed by atoms with Crippen LogP contribution in [0.1, 0.15) is 12.8 Å². The summed E-state index contributed by atoms with van der Waals surface area (Å²) < 4.78 is 22.4. The van der Waals surface area contributed by atoms with Crippen molar-refractivity contribution in [2.24, 2.45) is 0 Å². The van der Waals surface area contributed by atoms with Crippen molar-refractivity contribution in [3.63, 3.8) is 0 Å². The number of hydrogen-bond acceptors (Lipinski definition) is 5. The Hall–Kier alpha value is -0.270. The Bertz CT molecular complexity index is 341. The lowest BCUT2D eigenvalue weighted by molar-refractivity contribution is -0.139. The van der Waals surface area contributed by atoms with E-state index in [1.165, 1.54) is 0 Å². The molecule has 0 spiro atoms. The summed E-state index contributed by atoms with van der Waals surface area (Å²) in [4.78, 5) is 10.9. The molecule has 1 rings (SSSR count). The van der Waals surface area contributed by atoms with Crippen LogP contribution in [0, 0.1) is 0 Å². The lowest BCUT2D eigenvalue weighted by atomic mass is 10.2. The minimum Gasteiger partial charge on any atom is -0.480 e. The van der Waals surface area contributed by atoms with E-state index in [2.05, 4.69) is 5.32 Å². The summed E-state index contributed by atoms with van der Waals surface area (Å²) in [5, 5.41) is 11.9. The van der Waals surface area contributed by atoms with Crippen molar-refractivity contribution in [1.29, 1.82) is 0 Å². The lowest BCUT2D eigenvalue weighted by Gasteiger charge is -2.18. The van der Waals surface area contributed by atoms with Crippen molar-refractivity contribution < 1.29 is 18.3 Å². The van der Waals surface area contributed by atoms with Crippen LogP contribution >= 0.6 is 11.8 Å². The summed E-state index contributed by atoms with van der Waals surface area (Å²) in [5.41, 5.74) is 0. The van der Waals surface area contributed by atoms with Gasteiger partial charge in [-0.25, -0.2) is 8.42 Å². The highest BCUT2D eigenvalue weighted by Gasteiger charge is 2.30. The van der Waals surface area contributed by atoms with Crippen molar-refractivity contribution in [2.75, 3.05) is 23.5 Å². The van der Waals surface area contributed by atoms with E-state index in [-0.39, 0.29) is 17.5 Å². The van der Waals surface area contributed by atoms with Crippen molar-refractivity contribution in [3.05, 3.63) is 0 Å². The van der Waals surface area contributed by atoms with Crippen LogP contribution in [0.25, 0.3) is 0 Å². The summed E-state index contributed by atoms with van der Waals surface area (Å²) in [5.74, 6) is 0.0808. The highest BCUT2D eigenvalue weighted by molar-refractivity contribution is 7.98. The first kappa shape index (κ1) is 13.8. The molecule has 0 aromatic carbocycles. The van der Waals surface area contributed by atoms with Crippen LogP contribution in [0.2, 0.25) is 0 Å². The molecule has 0 aromatic rings. The average molecular weight is 267 g/mol. The Morgan fingerprint density at radius 2 is 2.31 bits per heavy atom. The number of carboxylic acids is 1. The predicted molar refractivity (Wildman–Crippen MR) is 64.6 cm³/mol. The molecular formula is C9H17NO4S2. The number of hydrogen-bond donors (Lipinski definition) is 2. The van der Waals surface area contributed by atoms with Gasteiger partial charge in [0.15, 0.2) is 9.84 Å². The Kier molecular flexibility index (Phi) is 5.07. The fourth-order valence-corrected chi connectivity index (χ4v) is 3.88. The van der Waals surface area contributed by atoms with E-state index >= 15 is 0 Å². The molecule has 1 aliphatic rings. The minimum absolute atomic E-state index is 0.0655. The van der Waals surface area contributed by atoms with E-state index in [1.54, 1.807) is 11.8 Å². The van der Waals surface area contributed by atoms with Crippen LogP contribution < -0.4 is 5.32 Å². The molecule has 16 heavy (non-hydrogen) atoms. The van der Waals surface area contributed by atoms with Gasteiger partial charge >= 0.3 is 5.97 Å². The Labute approximate surface area is 99.9 Å². The van der Waals surface area contributed by atoms with Crippen LogP contribution in [0.4, 0.5) is 0 Å². The smallest absolute Gasteiger partial charge is 0.320 e. The molecule has 1 aliphatic heterocycles. The molecule has 0 bridgehead atoms. The van der Waals surface area contributed by atoms with Gasteiger partial charge in [0.2, 0.25) is 0 Å². The van der Waals surface area contributed by atoms with E-state index in [0.717, 1.165) is 5.75 Å². The quantitative estimate of drug-likeness (QED) is 0.703. The molecule has 2 N–H and O–H groups in total. The van der Waals surface area contributed by atoms with Crippen molar-refractivity contribution in [3.8, 4) is 0 Å². The number of nitrogens with one attached hydrogen (secondary N) is 1. The van der Waals surface area contributed by atoms with E-state index in [1.807, 2.05) is 6.26 Å². The topological polar surface area (TPSA) is 83.5 Å². The molecule has 7 heteroatoms. The van der Waals surface area contributed by atoms with E-state index in [4.69, 9.17) is 5.11 Å². The van der Waals surface area contributed by atoms with Crippen molar-refractivity contribution >= 4 is 27.6 Å². The molecule has 2 atom stereocenters. The molecule has 2 unspecified atom stereocenters. The Morgan fingerprint density at radius 3 is 2.75 bits per heavy atom. The van der Waals surface area contributed by atoms with E-state index < -0.39 is 21.8 Å². The molecular weight excluding hydrogens is 250 g/mol. The Morgan fingerprint density at radius 1 is 1.62 bits per heavy atom. The normalized spacial score (nSPS) is 25.4. The van der Waals surface area contributed by atoms with E-state index in [0.29, 0.717) is 12.8 Å². The predicted octanol–water partition coefficient (Wildman–Crippen LogP) is -0.0306. The zero-order chi connectivity index (χ0) is 12.2. The lowest BCUT2D eigenvalue weighted by Crippen LogP contribution is -2.44. The SMILES string of the molecule is CSCCC(NC1CCS(=O)(=O)C1)C(=O)O. The molecule has 5 nitrogen and oxygen atoms in total. The number of rotatable bonds is 6. The van der Waals surface area contributed by atoms with Gasteiger partial charge in [0.1, 0.15) is 6.04 Å². The zero-order valence-electron chi connectivity index (χ0n) is 9.18. The first-order valence-electron chi connectivity index (χ1n) is 5.13. The summed E-state index contributed by atoms with van der Waals surface area (Å²) in [6.45, 7) is 0. The summed E-state index contributed by atoms with van der Waals surface area (Å²) >= 11 is 1.58. The number of carboxylic acid groups (broad SMARTS) is 1. The van der Waals surface area contributed by atoms with Crippen LogP contribution in [-0.4, -0.2) is 55.1 Å². The third kappa shape index (κ3) is 4.31. The zero-order valence-corrected chi connectivity index (χ0v) is 10.8. The minimum atomic E-state index is -2.95. The summed E-state index contributed by atoms with van der Waals surface area (Å²) in [6, 6.07) is -0.835. The number of sulfone groups is 1. The third-order valence-electron chi connectivity index (χ3n) is 2.58. The van der Waals surface area contributed by atoms with Gasteiger partial charge in [-0.15, -0.1) is 0 Å². The Balaban J connectivity index is 2.46. The molecule has 1 heterocycles. The maximum atomic E-state index is 11.2. The number of aliphatic carboxylic acids is 1. The first-order valence-corrected chi connectivity index (χ1v) is 8.34. The molecule has 1 saturated heterocycles. The fraction of sp³-hybridized carbons (Fsp3) is 0.889. The fourth-order valence-electron chi connectivity index (χ4n) is 1.72. The van der Waals surface area contributed by atoms with Crippen LogP contribution in [0.15, 0.2) is 0 Å². The number of thioether (sulfide) groups is 1. The van der Waals surface area contributed by atoms with Crippen molar-refractivity contribution in [2.45, 2.75) is 24.9 Å².